The smallest absolute Gasteiger partial charge is 0.227 e. The summed E-state index contributed by atoms with van der Waals surface area (Å²) in [6.07, 6.45) is 2.25. The van der Waals surface area contributed by atoms with Gasteiger partial charge in [-0.25, -0.2) is 17.1 Å². The van der Waals surface area contributed by atoms with Crippen LogP contribution in [-0.4, -0.2) is 37.5 Å². The molecule has 0 radical (unpaired) electrons. The van der Waals surface area contributed by atoms with Gasteiger partial charge in [-0.2, -0.15) is 0 Å². The number of sulfonamides is 1. The van der Waals surface area contributed by atoms with Crippen LogP contribution < -0.4 is 5.32 Å². The van der Waals surface area contributed by atoms with E-state index in [1.807, 2.05) is 30.3 Å². The van der Waals surface area contributed by atoms with Gasteiger partial charge >= 0.3 is 0 Å². The van der Waals surface area contributed by atoms with Crippen molar-refractivity contribution in [3.63, 3.8) is 0 Å². The number of hydrogen-bond acceptors (Lipinski definition) is 3. The highest BCUT2D eigenvalue weighted by atomic mass is 32.2. The van der Waals surface area contributed by atoms with Crippen LogP contribution in [0.3, 0.4) is 0 Å². The Bertz CT molecular complexity index is 895. The minimum atomic E-state index is -3.32. The third-order valence-corrected chi connectivity index (χ3v) is 6.98. The first-order chi connectivity index (χ1) is 13.4. The summed E-state index contributed by atoms with van der Waals surface area (Å²) < 4.78 is 39.8. The summed E-state index contributed by atoms with van der Waals surface area (Å²) >= 11 is 0. The van der Waals surface area contributed by atoms with Crippen molar-refractivity contribution < 1.29 is 17.6 Å². The Hall–Kier alpha value is -2.25. The second kappa shape index (κ2) is 9.30. The van der Waals surface area contributed by atoms with Crippen molar-refractivity contribution in [1.29, 1.82) is 0 Å². The minimum Gasteiger partial charge on any atom is -0.326 e. The first kappa shape index (κ1) is 20.5. The topological polar surface area (TPSA) is 66.5 Å². The van der Waals surface area contributed by atoms with Crippen LogP contribution in [0.2, 0.25) is 0 Å². The lowest BCUT2D eigenvalue weighted by Gasteiger charge is -2.30. The van der Waals surface area contributed by atoms with Gasteiger partial charge in [-0.1, -0.05) is 36.4 Å². The summed E-state index contributed by atoms with van der Waals surface area (Å²) in [6.45, 7) is 0.684. The van der Waals surface area contributed by atoms with E-state index in [0.717, 1.165) is 12.0 Å². The van der Waals surface area contributed by atoms with E-state index in [4.69, 9.17) is 0 Å². The fraction of sp³-hybridized carbons (Fsp3) is 0.381. The molecule has 0 atom stereocenters. The zero-order valence-corrected chi connectivity index (χ0v) is 16.5. The summed E-state index contributed by atoms with van der Waals surface area (Å²) in [7, 11) is -3.32. The summed E-state index contributed by atoms with van der Waals surface area (Å²) in [5, 5.41) is 2.71. The molecule has 0 saturated carbocycles. The quantitative estimate of drug-likeness (QED) is 0.769. The maximum atomic E-state index is 13.2. The Morgan fingerprint density at radius 2 is 1.79 bits per heavy atom. The van der Waals surface area contributed by atoms with Crippen molar-refractivity contribution >= 4 is 21.6 Å². The van der Waals surface area contributed by atoms with Gasteiger partial charge in [0.05, 0.1) is 5.75 Å². The van der Waals surface area contributed by atoms with Crippen molar-refractivity contribution in [2.45, 2.75) is 25.7 Å². The average molecular weight is 405 g/mol. The number of halogens is 1. The number of benzene rings is 2. The summed E-state index contributed by atoms with van der Waals surface area (Å²) in [5.74, 6) is -0.748. The Labute approximate surface area is 165 Å². The molecule has 0 aliphatic carbocycles. The second-order valence-electron chi connectivity index (χ2n) is 7.08. The molecular weight excluding hydrogens is 379 g/mol. The standard InChI is InChI=1S/C21H25FN2O3S/c22-19-9-4-10-20(16-19)23-21(25)18-11-13-24(14-12-18)28(26,27)15-5-8-17-6-2-1-3-7-17/h1-4,6-7,9-10,16,18H,5,8,11-15H2,(H,23,25). The van der Waals surface area contributed by atoms with Crippen molar-refractivity contribution in [1.82, 2.24) is 4.31 Å². The third-order valence-electron chi connectivity index (χ3n) is 5.02. The van der Waals surface area contributed by atoms with Crippen molar-refractivity contribution in [3.05, 3.63) is 66.0 Å². The van der Waals surface area contributed by atoms with Gasteiger partial charge in [-0.05, 0) is 49.4 Å². The highest BCUT2D eigenvalue weighted by Gasteiger charge is 2.30. The molecule has 1 aliphatic heterocycles. The number of carbonyl (C=O) groups is 1. The Morgan fingerprint density at radius 1 is 1.07 bits per heavy atom. The Kier molecular flexibility index (Phi) is 6.80. The van der Waals surface area contributed by atoms with Gasteiger partial charge in [0.25, 0.3) is 0 Å². The lowest BCUT2D eigenvalue weighted by atomic mass is 9.97. The van der Waals surface area contributed by atoms with Crippen LogP contribution in [0, 0.1) is 11.7 Å². The third kappa shape index (κ3) is 5.62. The number of nitrogens with one attached hydrogen (secondary N) is 1. The van der Waals surface area contributed by atoms with E-state index in [9.17, 15) is 17.6 Å². The molecule has 1 amide bonds. The molecule has 2 aromatic carbocycles. The van der Waals surface area contributed by atoms with Crippen molar-refractivity contribution in [2.75, 3.05) is 24.2 Å². The molecule has 0 aromatic heterocycles. The minimum absolute atomic E-state index is 0.113. The summed E-state index contributed by atoms with van der Waals surface area (Å²) in [4.78, 5) is 12.4. The molecule has 0 spiro atoms. The number of nitrogens with zero attached hydrogens (tertiary/aromatic N) is 1. The van der Waals surface area contributed by atoms with E-state index in [1.54, 1.807) is 6.07 Å². The molecular formula is C21H25FN2O3S. The van der Waals surface area contributed by atoms with Crippen molar-refractivity contribution in [3.8, 4) is 0 Å². The summed E-state index contributed by atoms with van der Waals surface area (Å²) in [5.41, 5.74) is 1.55. The van der Waals surface area contributed by atoms with E-state index in [2.05, 4.69) is 5.32 Å². The zero-order valence-electron chi connectivity index (χ0n) is 15.7. The Morgan fingerprint density at radius 3 is 2.46 bits per heavy atom. The van der Waals surface area contributed by atoms with Crippen LogP contribution in [0.5, 0.6) is 0 Å². The molecule has 0 unspecified atom stereocenters. The monoisotopic (exact) mass is 404 g/mol. The van der Waals surface area contributed by atoms with Crippen LogP contribution in [0.1, 0.15) is 24.8 Å². The summed E-state index contributed by atoms with van der Waals surface area (Å²) in [6, 6.07) is 15.6. The zero-order chi connectivity index (χ0) is 20.0. The first-order valence-corrected chi connectivity index (χ1v) is 11.1. The molecule has 1 aliphatic rings. The van der Waals surface area contributed by atoms with E-state index in [0.29, 0.717) is 38.0 Å². The molecule has 1 fully saturated rings. The molecule has 1 N–H and O–H groups in total. The lowest BCUT2D eigenvalue weighted by molar-refractivity contribution is -0.120. The van der Waals surface area contributed by atoms with Crippen LogP contribution in [0.25, 0.3) is 0 Å². The largest absolute Gasteiger partial charge is 0.326 e. The number of rotatable bonds is 7. The number of piperidine rings is 1. The molecule has 1 heterocycles. The van der Waals surface area contributed by atoms with Gasteiger partial charge in [-0.15, -0.1) is 0 Å². The SMILES string of the molecule is O=C(Nc1cccc(F)c1)C1CCN(S(=O)(=O)CCCc2ccccc2)CC1. The maximum Gasteiger partial charge on any atom is 0.227 e. The van der Waals surface area contributed by atoms with E-state index < -0.39 is 15.8 Å². The molecule has 5 nitrogen and oxygen atoms in total. The normalized spacial score (nSPS) is 16.0. The number of amides is 1. The number of anilines is 1. The highest BCUT2D eigenvalue weighted by molar-refractivity contribution is 7.89. The van der Waals surface area contributed by atoms with Crippen LogP contribution in [0.15, 0.2) is 54.6 Å². The van der Waals surface area contributed by atoms with E-state index in [-0.39, 0.29) is 17.6 Å². The van der Waals surface area contributed by atoms with E-state index in [1.165, 1.54) is 22.5 Å². The van der Waals surface area contributed by atoms with Gasteiger partial charge in [0, 0.05) is 24.7 Å². The number of carbonyl (C=O) groups excluding carboxylic acids is 1. The number of aryl methyl sites for hydroxylation is 1. The maximum absolute atomic E-state index is 13.2. The van der Waals surface area contributed by atoms with Gasteiger partial charge in [0.1, 0.15) is 5.82 Å². The molecule has 7 heteroatoms. The van der Waals surface area contributed by atoms with Crippen LogP contribution in [0.4, 0.5) is 10.1 Å². The van der Waals surface area contributed by atoms with Crippen molar-refractivity contribution in [2.24, 2.45) is 5.92 Å². The number of hydrogen-bond donors (Lipinski definition) is 1. The lowest BCUT2D eigenvalue weighted by Crippen LogP contribution is -2.42. The van der Waals surface area contributed by atoms with E-state index >= 15 is 0 Å². The van der Waals surface area contributed by atoms with Gasteiger partial charge < -0.3 is 5.32 Å². The Balaban J connectivity index is 1.46. The first-order valence-electron chi connectivity index (χ1n) is 9.52. The fourth-order valence-corrected chi connectivity index (χ4v) is 4.97. The highest BCUT2D eigenvalue weighted by Crippen LogP contribution is 2.22. The fourth-order valence-electron chi connectivity index (χ4n) is 3.44. The van der Waals surface area contributed by atoms with Crippen LogP contribution in [-0.2, 0) is 21.2 Å². The predicted octanol–water partition coefficient (Wildman–Crippen LogP) is 3.44. The molecule has 0 bridgehead atoms. The molecule has 28 heavy (non-hydrogen) atoms. The van der Waals surface area contributed by atoms with Gasteiger partial charge in [-0.3, -0.25) is 4.79 Å². The van der Waals surface area contributed by atoms with Gasteiger partial charge in [0.15, 0.2) is 0 Å². The second-order valence-corrected chi connectivity index (χ2v) is 9.17. The predicted molar refractivity (Wildman–Crippen MR) is 108 cm³/mol. The molecule has 1 saturated heterocycles. The van der Waals surface area contributed by atoms with Crippen LogP contribution >= 0.6 is 0 Å². The van der Waals surface area contributed by atoms with Gasteiger partial charge in [0.2, 0.25) is 15.9 Å². The molecule has 3 rings (SSSR count). The molecule has 2 aromatic rings. The molecule has 150 valence electrons. The average Bonchev–Trinajstić information content (AvgIpc) is 2.69.